The number of pyridine rings is 3. The van der Waals surface area contributed by atoms with Crippen LogP contribution in [0.2, 0.25) is 0 Å². The van der Waals surface area contributed by atoms with Gasteiger partial charge in [0.05, 0.1) is 111 Å². The van der Waals surface area contributed by atoms with Gasteiger partial charge in [-0.05, 0) is 124 Å². The van der Waals surface area contributed by atoms with Gasteiger partial charge in [-0.15, -0.1) is 19.7 Å². The maximum atomic E-state index is 14.3. The quantitative estimate of drug-likeness (QED) is 0.0138. The van der Waals surface area contributed by atoms with Gasteiger partial charge >= 0.3 is 36.2 Å². The highest BCUT2D eigenvalue weighted by atomic mass is 32.1. The number of alkyl carbamates (subject to hydrolysis) is 1. The smallest absolute Gasteiger partial charge is 0.411 e. The second-order valence-electron chi connectivity index (χ2n) is 37.7. The number of carbonyl (C=O) groups is 8. The molecule has 5 N–H and O–H groups in total. The SMILES string of the molecule is C.C.C.C=CC1C[C@]1(NC(=O)[C@@H]1C[C@@H](Oc2cc(-c3ccccc3)nc3cc(OC)ccc23)CN1C(=O)OC(C)(C)C)C(=O)OC.C=CC1C[C@]1(NC(=S)[C@@H]1C[C@@H](Oc2cc(-c3ccccc3)nc3cc(OC)ccc23)CN1C(=O)OC(C)(C)C)C(=O)OC.C=CC1C[C@]1(NC(=S)[C@@H]1C[C@@H](Oc2cc(-c3ccccc3)nc3cc(OC)ccc23)CN1C(=O)[C@@H](NC(=O)OC(C)(C)C)C(C)C)C(=O)O. The molecule has 32 heteroatoms. The van der Waals surface area contributed by atoms with Crippen LogP contribution >= 0.6 is 24.4 Å². The maximum Gasteiger partial charge on any atom is 0.411 e. The maximum absolute atomic E-state index is 14.3. The number of methoxy groups -OCH3 is 5. The van der Waals surface area contributed by atoms with Gasteiger partial charge < -0.3 is 83.4 Å². The molecule has 13 atom stereocenters. The monoisotopic (exact) mass is 1930 g/mol. The van der Waals surface area contributed by atoms with Gasteiger partial charge in [0.25, 0.3) is 0 Å². The molecule has 3 aliphatic carbocycles. The van der Waals surface area contributed by atoms with E-state index in [1.54, 1.807) is 90.9 Å². The Bertz CT molecular complexity index is 5780. The zero-order chi connectivity index (χ0) is 97.6. The van der Waals surface area contributed by atoms with Crippen molar-refractivity contribution in [1.82, 2.24) is 50.9 Å². The molecular weight excluding hydrogens is 1800 g/mol. The number of aliphatic carboxylic acids is 1. The molecule has 3 saturated carbocycles. The molecule has 736 valence electrons. The lowest BCUT2D eigenvalue weighted by atomic mass is 10.0. The first-order valence-electron chi connectivity index (χ1n) is 44.8. The van der Waals surface area contributed by atoms with E-state index in [1.165, 1.54) is 19.1 Å². The first-order valence-corrected chi connectivity index (χ1v) is 45.6. The number of rotatable bonds is 27. The van der Waals surface area contributed by atoms with Crippen LogP contribution < -0.4 is 49.7 Å². The zero-order valence-corrected chi connectivity index (χ0v) is 80.5. The molecule has 6 heterocycles. The van der Waals surface area contributed by atoms with Crippen molar-refractivity contribution in [3.05, 3.63) is 202 Å². The van der Waals surface area contributed by atoms with E-state index in [9.17, 15) is 43.5 Å². The van der Waals surface area contributed by atoms with Crippen LogP contribution in [-0.2, 0) is 47.7 Å². The number of carboxylic acids is 1. The van der Waals surface area contributed by atoms with Crippen molar-refractivity contribution >= 4 is 115 Å². The lowest BCUT2D eigenvalue weighted by molar-refractivity contribution is -0.147. The second kappa shape index (κ2) is 43.9. The summed E-state index contributed by atoms with van der Waals surface area (Å²) in [6, 6.07) is 48.5. The number of thiocarbonyl (C=S) groups is 2. The summed E-state index contributed by atoms with van der Waals surface area (Å²) in [5.74, 6) is -0.136. The standard InChI is InChI=1S/C37H44N4O7S.C33H37N3O7.C33H37N3O6S.3CH4/c1-8-23-19-37(23,34(43)44)40-32(49)29-17-25(20-41(29)33(42)31(21(2)3)39-35(45)48-36(4,5)6)47-30-18-27(22-12-10-9-11-13-22)38-28-16-24(46-7)14-15-26(28)30;1-7-21-18-33(21,30(38)41-6)35-29(37)27-16-23(19-36(27)31(39)43-32(2,3)4)42-28-17-25(20-11-9-8-10-12-20)34-26-15-22(40-5)13-14-24(26)28;1-7-21-18-33(21,30(37)40-6)35-29(43)27-16-23(19-36(27)31(38)42-32(2,3)4)41-28-17-25(20-11-9-8-10-12-20)34-26-15-22(39-5)13-14-24(26)28;;;/h8-16,18,21,23,25,29,31H,1,17,19-20H2,2-7H3,(H,39,45)(H,40,49)(H,43,44);7-15,17,21,23,27H,1,16,18-19H2,2-6H3,(H,35,37);7-15,17,21,23,27H,1,16,18-19H2,2-6H3,(H,35,43);3*1H4/t23?,25-,29+,31+,37-;2*21?,23-,27+,33-;;;/m111.../s1. The number of benzene rings is 6. The summed E-state index contributed by atoms with van der Waals surface area (Å²) in [4.78, 5) is 125. The van der Waals surface area contributed by atoms with Crippen molar-refractivity contribution in [2.45, 2.75) is 213 Å². The Hall–Kier alpha value is -13.5. The van der Waals surface area contributed by atoms with Crippen LogP contribution in [-0.4, -0.2) is 224 Å². The van der Waals surface area contributed by atoms with E-state index in [1.807, 2.05) is 198 Å². The number of fused-ring (bicyclic) bond motifs is 3. The summed E-state index contributed by atoms with van der Waals surface area (Å²) in [6.07, 6.45) is 3.64. The number of nitrogens with zero attached hydrogens (tertiary/aromatic N) is 6. The molecule has 0 radical (unpaired) electrons. The number of aromatic nitrogens is 3. The van der Waals surface area contributed by atoms with Gasteiger partial charge in [-0.2, -0.15) is 0 Å². The van der Waals surface area contributed by atoms with Crippen molar-refractivity contribution < 1.29 is 95.6 Å². The van der Waals surface area contributed by atoms with E-state index in [4.69, 9.17) is 91.5 Å². The Morgan fingerprint density at radius 3 is 1.08 bits per heavy atom. The van der Waals surface area contributed by atoms with E-state index < -0.39 is 118 Å². The molecule has 6 fully saturated rings. The largest absolute Gasteiger partial charge is 0.497 e. The number of amides is 5. The van der Waals surface area contributed by atoms with Crippen LogP contribution in [0.3, 0.4) is 0 Å². The third kappa shape index (κ3) is 24.4. The summed E-state index contributed by atoms with van der Waals surface area (Å²) in [5.41, 5.74) is 1.24. The van der Waals surface area contributed by atoms with Gasteiger partial charge in [-0.3, -0.25) is 19.4 Å². The first-order chi connectivity index (χ1) is 64.1. The van der Waals surface area contributed by atoms with Gasteiger partial charge in [0, 0.05) is 106 Å². The summed E-state index contributed by atoms with van der Waals surface area (Å²) in [5, 5.41) is 24.3. The fourth-order valence-electron chi connectivity index (χ4n) is 17.1. The van der Waals surface area contributed by atoms with Gasteiger partial charge in [-0.1, -0.05) is 170 Å². The van der Waals surface area contributed by atoms with Crippen LogP contribution in [0.5, 0.6) is 34.5 Å². The minimum atomic E-state index is -1.29. The number of carboxylic acid groups (broad SMARTS) is 1. The first kappa shape index (κ1) is 107. The predicted molar refractivity (Wildman–Crippen MR) is 540 cm³/mol. The highest BCUT2D eigenvalue weighted by Crippen LogP contribution is 2.49. The summed E-state index contributed by atoms with van der Waals surface area (Å²) >= 11 is 11.7. The number of esters is 2. The van der Waals surface area contributed by atoms with Gasteiger partial charge in [0.15, 0.2) is 0 Å². The lowest BCUT2D eigenvalue weighted by Crippen LogP contribution is -2.57. The summed E-state index contributed by atoms with van der Waals surface area (Å²) in [6.45, 7) is 31.5. The van der Waals surface area contributed by atoms with Crippen molar-refractivity contribution in [3.63, 3.8) is 0 Å². The third-order valence-corrected chi connectivity index (χ3v) is 25.0. The highest BCUT2D eigenvalue weighted by Gasteiger charge is 2.64. The van der Waals surface area contributed by atoms with E-state index in [0.29, 0.717) is 87.6 Å². The third-order valence-electron chi connectivity index (χ3n) is 24.3. The number of nitrogens with one attached hydrogen (secondary N) is 4. The molecule has 3 aliphatic heterocycles. The van der Waals surface area contributed by atoms with E-state index in [0.717, 1.165) is 44.1 Å². The van der Waals surface area contributed by atoms with Crippen molar-refractivity contribution in [2.75, 3.05) is 55.2 Å². The molecule has 15 rings (SSSR count). The minimum absolute atomic E-state index is 0. The topological polar surface area (TPSA) is 355 Å². The average molecular weight is 1930 g/mol. The second-order valence-corrected chi connectivity index (χ2v) is 38.6. The normalized spacial score (nSPS) is 22.2. The van der Waals surface area contributed by atoms with E-state index in [2.05, 4.69) is 41.0 Å². The van der Waals surface area contributed by atoms with Gasteiger partial charge in [0.1, 0.15) is 98.3 Å². The molecule has 5 amide bonds. The zero-order valence-electron chi connectivity index (χ0n) is 78.9. The number of likely N-dealkylation sites (tertiary alicyclic amines) is 3. The summed E-state index contributed by atoms with van der Waals surface area (Å²) < 4.78 is 63.1. The van der Waals surface area contributed by atoms with Crippen LogP contribution in [0, 0.1) is 23.7 Å². The number of hydrogen-bond acceptors (Lipinski definition) is 24. The van der Waals surface area contributed by atoms with Gasteiger partial charge in [-0.25, -0.2) is 43.7 Å². The predicted octanol–water partition coefficient (Wildman–Crippen LogP) is 18.3. The van der Waals surface area contributed by atoms with Gasteiger partial charge in [0.2, 0.25) is 11.8 Å². The molecule has 3 unspecified atom stereocenters. The molecule has 6 aromatic carbocycles. The number of hydrogen-bond donors (Lipinski definition) is 5. The Morgan fingerprint density at radius 1 is 0.442 bits per heavy atom. The molecule has 6 aliphatic rings. The summed E-state index contributed by atoms with van der Waals surface area (Å²) in [7, 11) is 7.43. The van der Waals surface area contributed by atoms with Crippen LogP contribution in [0.25, 0.3) is 66.5 Å². The van der Waals surface area contributed by atoms with Crippen LogP contribution in [0.1, 0.15) is 137 Å². The number of ether oxygens (including phenoxy) is 11. The molecule has 0 spiro atoms. The highest BCUT2D eigenvalue weighted by molar-refractivity contribution is 7.80. The van der Waals surface area contributed by atoms with Crippen LogP contribution in [0.4, 0.5) is 14.4 Å². The molecule has 0 bridgehead atoms. The fraction of sp³-hybridized carbons (Fsp3) is 0.425. The average Bonchev–Trinajstić information content (AvgIpc) is 1.59. The molecule has 9 aromatic rings. The Balaban J connectivity index is 0.000000212. The Kier molecular flexibility index (Phi) is 33.9. The molecule has 138 heavy (non-hydrogen) atoms. The minimum Gasteiger partial charge on any atom is -0.497 e. The Morgan fingerprint density at radius 2 is 0.761 bits per heavy atom. The van der Waals surface area contributed by atoms with Crippen molar-refractivity contribution in [1.29, 1.82) is 0 Å². The van der Waals surface area contributed by atoms with Crippen molar-refractivity contribution in [2.24, 2.45) is 23.7 Å². The molecule has 30 nitrogen and oxygen atoms in total. The molecule has 3 saturated heterocycles. The molecule has 3 aromatic heterocycles. The number of carbonyl (C=O) groups excluding carboxylic acids is 7. The van der Waals surface area contributed by atoms with E-state index >= 15 is 0 Å². The lowest BCUT2D eigenvalue weighted by Gasteiger charge is -2.32. The van der Waals surface area contributed by atoms with Crippen LogP contribution in [0.15, 0.2) is 202 Å². The fourth-order valence-corrected chi connectivity index (χ4v) is 17.9. The van der Waals surface area contributed by atoms with Crippen molar-refractivity contribution in [3.8, 4) is 68.3 Å². The Labute approximate surface area is 818 Å². The molecular formula is C106H130N10O20S2. The van der Waals surface area contributed by atoms with E-state index in [-0.39, 0.29) is 89.3 Å².